The number of nitrogens with zero attached hydrogens (tertiary/aromatic N) is 1. The molecule has 0 bridgehead atoms. The van der Waals surface area contributed by atoms with Gasteiger partial charge in [-0.3, -0.25) is 13.9 Å². The lowest BCUT2D eigenvalue weighted by Gasteiger charge is -2.27. The number of carbonyl (C=O) groups is 1. The molecule has 0 radical (unpaired) electrons. The summed E-state index contributed by atoms with van der Waals surface area (Å²) in [5, 5.41) is 3.02. The maximum absolute atomic E-state index is 12.5. The van der Waals surface area contributed by atoms with Gasteiger partial charge in [0.05, 0.1) is 13.2 Å². The van der Waals surface area contributed by atoms with Gasteiger partial charge in [0, 0.05) is 54.6 Å². The van der Waals surface area contributed by atoms with Crippen molar-refractivity contribution < 1.29 is 13.7 Å². The van der Waals surface area contributed by atoms with Crippen molar-refractivity contribution in [3.63, 3.8) is 0 Å². The van der Waals surface area contributed by atoms with Crippen molar-refractivity contribution in [2.45, 2.75) is 18.8 Å². The molecule has 1 saturated heterocycles. The van der Waals surface area contributed by atoms with E-state index in [4.69, 9.17) is 4.74 Å². The molecular weight excluding hydrogens is 360 g/mol. The Morgan fingerprint density at radius 2 is 1.85 bits per heavy atom. The van der Waals surface area contributed by atoms with Gasteiger partial charge in [0.15, 0.2) is 0 Å². The van der Waals surface area contributed by atoms with Gasteiger partial charge < -0.3 is 10.1 Å². The number of ether oxygens (including phenoxy) is 1. The normalized spacial score (nSPS) is 16.0. The highest BCUT2D eigenvalue weighted by Crippen LogP contribution is 2.14. The predicted octanol–water partition coefficient (Wildman–Crippen LogP) is 2.33. The maximum Gasteiger partial charge on any atom is 0.251 e. The van der Waals surface area contributed by atoms with Crippen LogP contribution in [0.5, 0.6) is 0 Å². The van der Waals surface area contributed by atoms with Gasteiger partial charge in [-0.1, -0.05) is 36.4 Å². The number of morpholine rings is 1. The van der Waals surface area contributed by atoms with E-state index in [9.17, 15) is 9.00 Å². The molecule has 1 heterocycles. The molecule has 2 aromatic carbocycles. The van der Waals surface area contributed by atoms with Gasteiger partial charge in [-0.05, 0) is 28.8 Å². The van der Waals surface area contributed by atoms with Crippen LogP contribution in [0.2, 0.25) is 0 Å². The molecule has 5 nitrogen and oxygen atoms in total. The van der Waals surface area contributed by atoms with E-state index in [1.54, 1.807) is 12.3 Å². The molecule has 2 aromatic rings. The Morgan fingerprint density at radius 3 is 2.59 bits per heavy atom. The standard InChI is InChI=1S/C21H26N2O3S/c1-27(25)16-17-5-4-8-18(13-17)21(24)22-14-19-6-2-3-7-20(19)15-23-9-11-26-12-10-23/h2-8,13H,9-12,14-16H2,1H3,(H,22,24). The first-order valence-corrected chi connectivity index (χ1v) is 10.9. The molecule has 6 heteroatoms. The van der Waals surface area contributed by atoms with Crippen LogP contribution in [0.15, 0.2) is 48.5 Å². The van der Waals surface area contributed by atoms with Crippen LogP contribution in [0.4, 0.5) is 0 Å². The molecule has 27 heavy (non-hydrogen) atoms. The van der Waals surface area contributed by atoms with E-state index in [2.05, 4.69) is 22.3 Å². The van der Waals surface area contributed by atoms with Crippen LogP contribution in [-0.4, -0.2) is 47.6 Å². The van der Waals surface area contributed by atoms with Crippen LogP contribution in [0, 0.1) is 0 Å². The summed E-state index contributed by atoms with van der Waals surface area (Å²) >= 11 is 0. The van der Waals surface area contributed by atoms with Gasteiger partial charge in [0.1, 0.15) is 0 Å². The first kappa shape index (κ1) is 19.7. The molecule has 1 unspecified atom stereocenters. The molecule has 0 aromatic heterocycles. The van der Waals surface area contributed by atoms with E-state index < -0.39 is 10.8 Å². The molecule has 1 N–H and O–H groups in total. The minimum Gasteiger partial charge on any atom is -0.379 e. The number of amides is 1. The minimum atomic E-state index is -0.924. The second-order valence-electron chi connectivity index (χ2n) is 6.76. The van der Waals surface area contributed by atoms with Crippen molar-refractivity contribution in [2.24, 2.45) is 0 Å². The third-order valence-corrected chi connectivity index (χ3v) is 5.35. The minimum absolute atomic E-state index is 0.111. The van der Waals surface area contributed by atoms with Crippen LogP contribution in [-0.2, 0) is 34.4 Å². The van der Waals surface area contributed by atoms with Gasteiger partial charge in [0.25, 0.3) is 5.91 Å². The Kier molecular flexibility index (Phi) is 7.15. The molecule has 1 amide bonds. The lowest BCUT2D eigenvalue weighted by molar-refractivity contribution is 0.0340. The average Bonchev–Trinajstić information content (AvgIpc) is 2.67. The molecule has 1 aliphatic heterocycles. The SMILES string of the molecule is CS(=O)Cc1cccc(C(=O)NCc2ccccc2CN2CCOCC2)c1. The zero-order chi connectivity index (χ0) is 19.1. The maximum atomic E-state index is 12.5. The van der Waals surface area contributed by atoms with E-state index in [1.165, 1.54) is 5.56 Å². The first-order chi connectivity index (χ1) is 13.1. The monoisotopic (exact) mass is 386 g/mol. The van der Waals surface area contributed by atoms with Gasteiger partial charge in [0.2, 0.25) is 0 Å². The molecule has 1 fully saturated rings. The van der Waals surface area contributed by atoms with Crippen LogP contribution in [0.25, 0.3) is 0 Å². The van der Waals surface area contributed by atoms with E-state index in [-0.39, 0.29) is 5.91 Å². The summed E-state index contributed by atoms with van der Waals surface area (Å²) < 4.78 is 16.8. The fourth-order valence-corrected chi connectivity index (χ4v) is 3.85. The van der Waals surface area contributed by atoms with Crippen LogP contribution in [0.1, 0.15) is 27.0 Å². The topological polar surface area (TPSA) is 58.6 Å². The van der Waals surface area contributed by atoms with Gasteiger partial charge in [-0.2, -0.15) is 0 Å². The molecule has 1 atom stereocenters. The summed E-state index contributed by atoms with van der Waals surface area (Å²) in [6.45, 7) is 4.78. The highest BCUT2D eigenvalue weighted by atomic mass is 32.2. The van der Waals surface area contributed by atoms with E-state index in [1.807, 2.05) is 30.3 Å². The Morgan fingerprint density at radius 1 is 1.11 bits per heavy atom. The summed E-state index contributed by atoms with van der Waals surface area (Å²) in [7, 11) is -0.924. The fraction of sp³-hybridized carbons (Fsp3) is 0.381. The summed E-state index contributed by atoms with van der Waals surface area (Å²) in [6, 6.07) is 15.6. The Labute approximate surface area is 163 Å². The van der Waals surface area contributed by atoms with Gasteiger partial charge >= 0.3 is 0 Å². The number of hydrogen-bond acceptors (Lipinski definition) is 4. The van der Waals surface area contributed by atoms with Crippen molar-refractivity contribution in [2.75, 3.05) is 32.6 Å². The molecule has 0 saturated carbocycles. The second kappa shape index (κ2) is 9.78. The van der Waals surface area contributed by atoms with Crippen LogP contribution < -0.4 is 5.32 Å². The van der Waals surface area contributed by atoms with E-state index in [0.717, 1.165) is 44.0 Å². The summed E-state index contributed by atoms with van der Waals surface area (Å²) in [4.78, 5) is 14.9. The number of rotatable bonds is 7. The van der Waals surface area contributed by atoms with Crippen molar-refractivity contribution in [3.8, 4) is 0 Å². The Balaban J connectivity index is 1.62. The van der Waals surface area contributed by atoms with E-state index in [0.29, 0.717) is 17.9 Å². The number of nitrogens with one attached hydrogen (secondary N) is 1. The van der Waals surface area contributed by atoms with Crippen molar-refractivity contribution in [1.29, 1.82) is 0 Å². The Hall–Kier alpha value is -2.02. The zero-order valence-electron chi connectivity index (χ0n) is 15.6. The second-order valence-corrected chi connectivity index (χ2v) is 8.19. The molecule has 144 valence electrons. The number of benzene rings is 2. The lowest BCUT2D eigenvalue weighted by Crippen LogP contribution is -2.36. The first-order valence-electron chi connectivity index (χ1n) is 9.16. The van der Waals surface area contributed by atoms with Crippen LogP contribution >= 0.6 is 0 Å². The third-order valence-electron chi connectivity index (χ3n) is 4.61. The molecule has 0 aliphatic carbocycles. The number of carbonyl (C=O) groups excluding carboxylic acids is 1. The molecule has 3 rings (SSSR count). The zero-order valence-corrected chi connectivity index (χ0v) is 16.5. The highest BCUT2D eigenvalue weighted by Gasteiger charge is 2.13. The quantitative estimate of drug-likeness (QED) is 0.794. The van der Waals surface area contributed by atoms with Gasteiger partial charge in [-0.25, -0.2) is 0 Å². The third kappa shape index (κ3) is 5.99. The highest BCUT2D eigenvalue weighted by molar-refractivity contribution is 7.83. The molecular formula is C21H26N2O3S. The number of hydrogen-bond donors (Lipinski definition) is 1. The molecule has 0 spiro atoms. The van der Waals surface area contributed by atoms with Gasteiger partial charge in [-0.15, -0.1) is 0 Å². The average molecular weight is 387 g/mol. The van der Waals surface area contributed by atoms with Crippen molar-refractivity contribution in [3.05, 3.63) is 70.8 Å². The fourth-order valence-electron chi connectivity index (χ4n) is 3.20. The molecule has 1 aliphatic rings. The predicted molar refractivity (Wildman–Crippen MR) is 108 cm³/mol. The lowest BCUT2D eigenvalue weighted by atomic mass is 10.1. The van der Waals surface area contributed by atoms with Crippen molar-refractivity contribution in [1.82, 2.24) is 10.2 Å². The summed E-state index contributed by atoms with van der Waals surface area (Å²) in [5.74, 6) is 0.351. The Bertz CT molecular complexity index is 804. The summed E-state index contributed by atoms with van der Waals surface area (Å²) in [6.07, 6.45) is 1.66. The van der Waals surface area contributed by atoms with Crippen molar-refractivity contribution >= 4 is 16.7 Å². The van der Waals surface area contributed by atoms with Crippen LogP contribution in [0.3, 0.4) is 0 Å². The summed E-state index contributed by atoms with van der Waals surface area (Å²) in [5.41, 5.74) is 3.87. The van der Waals surface area contributed by atoms with E-state index >= 15 is 0 Å². The largest absolute Gasteiger partial charge is 0.379 e. The smallest absolute Gasteiger partial charge is 0.251 e.